The van der Waals surface area contributed by atoms with Crippen LogP contribution in [0.4, 0.5) is 0 Å². The molecule has 2 unspecified atom stereocenters. The largest absolute Gasteiger partial charge is 0.376 e. The summed E-state index contributed by atoms with van der Waals surface area (Å²) in [5, 5.41) is 1.19. The average Bonchev–Trinajstić information content (AvgIpc) is 3.20. The van der Waals surface area contributed by atoms with E-state index >= 15 is 0 Å². The number of nitrogens with zero attached hydrogens (tertiary/aromatic N) is 3. The molecule has 0 aromatic carbocycles. The third-order valence-electron chi connectivity index (χ3n) is 5.19. The Morgan fingerprint density at radius 3 is 2.82 bits per heavy atom. The van der Waals surface area contributed by atoms with Crippen LogP contribution >= 0.6 is 11.8 Å². The molecule has 0 saturated carbocycles. The Kier molecular flexibility index (Phi) is 5.47. The zero-order valence-electron chi connectivity index (χ0n) is 14.2. The van der Waals surface area contributed by atoms with Gasteiger partial charge in [-0.1, -0.05) is 11.8 Å². The number of ether oxygens (including phenoxy) is 1. The average molecular weight is 324 g/mol. The minimum atomic E-state index is 0.382. The van der Waals surface area contributed by atoms with E-state index in [1.54, 1.807) is 0 Å². The summed E-state index contributed by atoms with van der Waals surface area (Å²) in [6.07, 6.45) is 6.76. The number of aromatic nitrogens is 2. The van der Waals surface area contributed by atoms with Gasteiger partial charge < -0.3 is 14.2 Å². The predicted octanol–water partition coefficient (Wildman–Crippen LogP) is 3.26. The molecule has 4 nitrogen and oxygen atoms in total. The molecule has 0 amide bonds. The molecule has 0 bridgehead atoms. The first kappa shape index (κ1) is 16.3. The topological polar surface area (TPSA) is 30.3 Å². The van der Waals surface area contributed by atoms with E-state index in [1.165, 1.54) is 55.2 Å². The SMILES string of the molecule is Cc1nc(SCCC2CCCN2C)n(CC2CCCO2)c1C. The third-order valence-corrected chi connectivity index (χ3v) is 6.20. The van der Waals surface area contributed by atoms with Crippen LogP contribution in [0.1, 0.15) is 43.5 Å². The van der Waals surface area contributed by atoms with Crippen molar-refractivity contribution < 1.29 is 4.74 Å². The van der Waals surface area contributed by atoms with E-state index in [9.17, 15) is 0 Å². The molecular weight excluding hydrogens is 294 g/mol. The van der Waals surface area contributed by atoms with Gasteiger partial charge in [-0.25, -0.2) is 4.98 Å². The first-order chi connectivity index (χ1) is 10.6. The number of rotatable bonds is 6. The highest BCUT2D eigenvalue weighted by Gasteiger charge is 2.22. The molecule has 0 radical (unpaired) electrons. The number of aryl methyl sites for hydroxylation is 1. The van der Waals surface area contributed by atoms with Crippen molar-refractivity contribution in [2.24, 2.45) is 0 Å². The van der Waals surface area contributed by atoms with E-state index in [4.69, 9.17) is 9.72 Å². The Morgan fingerprint density at radius 2 is 2.14 bits per heavy atom. The molecule has 2 aliphatic rings. The number of thioether (sulfide) groups is 1. The molecule has 2 atom stereocenters. The monoisotopic (exact) mass is 323 g/mol. The van der Waals surface area contributed by atoms with Crippen LogP contribution in [0.25, 0.3) is 0 Å². The highest BCUT2D eigenvalue weighted by Crippen LogP contribution is 2.27. The Hall–Kier alpha value is -0.520. The summed E-state index contributed by atoms with van der Waals surface area (Å²) in [6.45, 7) is 7.47. The Labute approximate surface area is 138 Å². The Balaban J connectivity index is 1.58. The van der Waals surface area contributed by atoms with Gasteiger partial charge in [0.2, 0.25) is 0 Å². The molecule has 5 heteroatoms. The number of hydrogen-bond acceptors (Lipinski definition) is 4. The minimum absolute atomic E-state index is 0.382. The van der Waals surface area contributed by atoms with Crippen LogP contribution in [0.2, 0.25) is 0 Å². The molecule has 1 aromatic rings. The predicted molar refractivity (Wildman–Crippen MR) is 91.7 cm³/mol. The van der Waals surface area contributed by atoms with Crippen molar-refractivity contribution in [3.8, 4) is 0 Å². The summed E-state index contributed by atoms with van der Waals surface area (Å²) in [5.41, 5.74) is 2.47. The number of likely N-dealkylation sites (tertiary alicyclic amines) is 1. The van der Waals surface area contributed by atoms with Gasteiger partial charge in [0.05, 0.1) is 18.3 Å². The fourth-order valence-corrected chi connectivity index (χ4v) is 4.71. The van der Waals surface area contributed by atoms with Crippen LogP contribution in [0.3, 0.4) is 0 Å². The molecule has 2 fully saturated rings. The van der Waals surface area contributed by atoms with Gasteiger partial charge in [-0.2, -0.15) is 0 Å². The van der Waals surface area contributed by atoms with Crippen molar-refractivity contribution in [2.45, 2.75) is 69.8 Å². The molecule has 0 aliphatic carbocycles. The van der Waals surface area contributed by atoms with Gasteiger partial charge in [-0.3, -0.25) is 0 Å². The summed E-state index contributed by atoms with van der Waals surface area (Å²) in [5.74, 6) is 1.16. The van der Waals surface area contributed by atoms with Gasteiger partial charge in [0.25, 0.3) is 0 Å². The third kappa shape index (κ3) is 3.69. The molecule has 22 heavy (non-hydrogen) atoms. The first-order valence-electron chi connectivity index (χ1n) is 8.63. The van der Waals surface area contributed by atoms with E-state index < -0.39 is 0 Å². The number of imidazole rings is 1. The van der Waals surface area contributed by atoms with E-state index in [0.717, 1.165) is 24.9 Å². The van der Waals surface area contributed by atoms with Crippen LogP contribution in [0.5, 0.6) is 0 Å². The maximum atomic E-state index is 5.81. The lowest BCUT2D eigenvalue weighted by molar-refractivity contribution is 0.0945. The fourth-order valence-electron chi connectivity index (χ4n) is 3.57. The zero-order valence-corrected chi connectivity index (χ0v) is 15.0. The van der Waals surface area contributed by atoms with Crippen molar-refractivity contribution in [3.63, 3.8) is 0 Å². The van der Waals surface area contributed by atoms with Crippen LogP contribution in [0.15, 0.2) is 5.16 Å². The second-order valence-electron chi connectivity index (χ2n) is 6.72. The Morgan fingerprint density at radius 1 is 1.27 bits per heavy atom. The summed E-state index contributed by atoms with van der Waals surface area (Å²) < 4.78 is 8.19. The quantitative estimate of drug-likeness (QED) is 0.752. The molecule has 3 heterocycles. The van der Waals surface area contributed by atoms with E-state index in [1.807, 2.05) is 11.8 Å². The van der Waals surface area contributed by atoms with Crippen LogP contribution in [0, 0.1) is 13.8 Å². The van der Waals surface area contributed by atoms with Gasteiger partial charge in [0.1, 0.15) is 0 Å². The highest BCUT2D eigenvalue weighted by molar-refractivity contribution is 7.99. The lowest BCUT2D eigenvalue weighted by Gasteiger charge is -2.19. The van der Waals surface area contributed by atoms with Gasteiger partial charge in [-0.05, 0) is 59.5 Å². The van der Waals surface area contributed by atoms with Crippen molar-refractivity contribution in [1.29, 1.82) is 0 Å². The van der Waals surface area contributed by atoms with E-state index in [2.05, 4.69) is 30.4 Å². The molecule has 3 rings (SSSR count). The van der Waals surface area contributed by atoms with Crippen LogP contribution in [-0.4, -0.2) is 52.5 Å². The van der Waals surface area contributed by atoms with Crippen molar-refractivity contribution >= 4 is 11.8 Å². The van der Waals surface area contributed by atoms with Crippen molar-refractivity contribution in [3.05, 3.63) is 11.4 Å². The Bertz CT molecular complexity index is 496. The highest BCUT2D eigenvalue weighted by atomic mass is 32.2. The van der Waals surface area contributed by atoms with Gasteiger partial charge >= 0.3 is 0 Å². The zero-order chi connectivity index (χ0) is 15.5. The maximum Gasteiger partial charge on any atom is 0.168 e. The normalized spacial score (nSPS) is 26.1. The fraction of sp³-hybridized carbons (Fsp3) is 0.824. The second-order valence-corrected chi connectivity index (χ2v) is 7.79. The standard InChI is InChI=1S/C17H29N3OS/c1-13-14(2)20(12-16-7-5-10-21-16)17(18-13)22-11-8-15-6-4-9-19(15)3/h15-16H,4-12H2,1-3H3. The van der Waals surface area contributed by atoms with Crippen molar-refractivity contribution in [2.75, 3.05) is 26.0 Å². The van der Waals surface area contributed by atoms with Gasteiger partial charge in [0.15, 0.2) is 5.16 Å². The van der Waals surface area contributed by atoms with E-state index in [-0.39, 0.29) is 0 Å². The second kappa shape index (κ2) is 7.37. The summed E-state index contributed by atoms with van der Waals surface area (Å²) >= 11 is 1.92. The van der Waals surface area contributed by atoms with Crippen LogP contribution < -0.4 is 0 Å². The molecule has 1 aromatic heterocycles. The molecular formula is C17H29N3OS. The van der Waals surface area contributed by atoms with Gasteiger partial charge in [-0.15, -0.1) is 0 Å². The maximum absolute atomic E-state index is 5.81. The first-order valence-corrected chi connectivity index (χ1v) is 9.62. The van der Waals surface area contributed by atoms with E-state index in [0.29, 0.717) is 6.10 Å². The van der Waals surface area contributed by atoms with Crippen molar-refractivity contribution in [1.82, 2.24) is 14.5 Å². The molecule has 2 aliphatic heterocycles. The summed E-state index contributed by atoms with van der Waals surface area (Å²) in [4.78, 5) is 7.30. The molecule has 0 spiro atoms. The minimum Gasteiger partial charge on any atom is -0.376 e. The molecule has 124 valence electrons. The lowest BCUT2D eigenvalue weighted by atomic mass is 10.2. The molecule has 0 N–H and O–H groups in total. The van der Waals surface area contributed by atoms with Gasteiger partial charge in [0, 0.05) is 24.1 Å². The summed E-state index contributed by atoms with van der Waals surface area (Å²) in [6, 6.07) is 0.774. The lowest BCUT2D eigenvalue weighted by Crippen LogP contribution is -2.25. The van der Waals surface area contributed by atoms with Crippen LogP contribution in [-0.2, 0) is 11.3 Å². The smallest absolute Gasteiger partial charge is 0.168 e. The number of hydrogen-bond donors (Lipinski definition) is 0. The molecule has 2 saturated heterocycles. The summed E-state index contributed by atoms with van der Waals surface area (Å²) in [7, 11) is 2.26.